The third-order valence-corrected chi connectivity index (χ3v) is 2.91. The second kappa shape index (κ2) is 4.61. The van der Waals surface area contributed by atoms with Gasteiger partial charge in [0.25, 0.3) is 0 Å². The summed E-state index contributed by atoms with van der Waals surface area (Å²) in [4.78, 5) is 4.23. The first kappa shape index (κ1) is 12.9. The Kier molecular flexibility index (Phi) is 3.30. The average molecular weight is 257 g/mol. The van der Waals surface area contributed by atoms with Crippen LogP contribution in [-0.4, -0.2) is 16.1 Å². The van der Waals surface area contributed by atoms with Crippen molar-refractivity contribution in [2.75, 3.05) is 6.54 Å². The lowest BCUT2D eigenvalue weighted by molar-refractivity contribution is -0.137. The number of aryl methyl sites for hydroxylation is 2. The van der Waals surface area contributed by atoms with Gasteiger partial charge in [0.05, 0.1) is 16.6 Å². The number of nitrogens with two attached hydrogens (primary N) is 1. The molecule has 0 aliphatic heterocycles. The molecule has 0 bridgehead atoms. The van der Waals surface area contributed by atoms with Gasteiger partial charge in [-0.1, -0.05) is 0 Å². The predicted molar refractivity (Wildman–Crippen MR) is 63.1 cm³/mol. The third kappa shape index (κ3) is 2.33. The molecule has 2 aromatic rings. The lowest BCUT2D eigenvalue weighted by atomic mass is 10.2. The zero-order valence-electron chi connectivity index (χ0n) is 9.96. The van der Waals surface area contributed by atoms with E-state index in [0.717, 1.165) is 24.4 Å². The number of alkyl halides is 3. The number of halogens is 3. The van der Waals surface area contributed by atoms with E-state index in [9.17, 15) is 13.2 Å². The van der Waals surface area contributed by atoms with E-state index in [0.29, 0.717) is 24.0 Å². The molecule has 3 nitrogen and oxygen atoms in total. The number of imidazole rings is 1. The van der Waals surface area contributed by atoms with Gasteiger partial charge in [0.15, 0.2) is 0 Å². The summed E-state index contributed by atoms with van der Waals surface area (Å²) in [7, 11) is 1.80. The summed E-state index contributed by atoms with van der Waals surface area (Å²) in [5.74, 6) is 0.759. The van der Waals surface area contributed by atoms with E-state index in [1.54, 1.807) is 7.05 Å². The van der Waals surface area contributed by atoms with E-state index in [2.05, 4.69) is 4.98 Å². The van der Waals surface area contributed by atoms with Crippen molar-refractivity contribution < 1.29 is 13.2 Å². The monoisotopic (exact) mass is 257 g/mol. The largest absolute Gasteiger partial charge is 0.416 e. The molecule has 0 saturated heterocycles. The van der Waals surface area contributed by atoms with Gasteiger partial charge in [0.1, 0.15) is 5.82 Å². The standard InChI is InChI=1S/C12H14F3N3/c1-18-10-5-4-8(12(13,14)15)7-9(10)17-11(18)3-2-6-16/h4-5,7H,2-3,6,16H2,1H3. The van der Waals surface area contributed by atoms with Gasteiger partial charge in [-0.25, -0.2) is 4.98 Å². The third-order valence-electron chi connectivity index (χ3n) is 2.91. The topological polar surface area (TPSA) is 43.8 Å². The number of hydrogen-bond acceptors (Lipinski definition) is 2. The summed E-state index contributed by atoms with van der Waals surface area (Å²) in [5.41, 5.74) is 5.83. The van der Waals surface area contributed by atoms with Crippen molar-refractivity contribution in [3.05, 3.63) is 29.6 Å². The molecule has 1 aromatic carbocycles. The predicted octanol–water partition coefficient (Wildman–Crippen LogP) is 2.48. The lowest BCUT2D eigenvalue weighted by Gasteiger charge is -2.05. The molecule has 2 rings (SSSR count). The molecule has 0 aliphatic rings. The van der Waals surface area contributed by atoms with Gasteiger partial charge in [0.2, 0.25) is 0 Å². The molecule has 18 heavy (non-hydrogen) atoms. The second-order valence-electron chi connectivity index (χ2n) is 4.18. The fourth-order valence-electron chi connectivity index (χ4n) is 1.91. The lowest BCUT2D eigenvalue weighted by Crippen LogP contribution is -2.04. The van der Waals surface area contributed by atoms with Crippen LogP contribution in [-0.2, 0) is 19.6 Å². The van der Waals surface area contributed by atoms with Crippen LogP contribution in [0.5, 0.6) is 0 Å². The minimum absolute atomic E-state index is 0.374. The summed E-state index contributed by atoms with van der Waals surface area (Å²) in [6.07, 6.45) is -2.89. The van der Waals surface area contributed by atoms with Crippen molar-refractivity contribution in [1.29, 1.82) is 0 Å². The van der Waals surface area contributed by atoms with Crippen molar-refractivity contribution in [3.8, 4) is 0 Å². The van der Waals surface area contributed by atoms with Crippen LogP contribution in [0.1, 0.15) is 17.8 Å². The second-order valence-corrected chi connectivity index (χ2v) is 4.18. The van der Waals surface area contributed by atoms with E-state index in [1.807, 2.05) is 4.57 Å². The van der Waals surface area contributed by atoms with E-state index >= 15 is 0 Å². The van der Waals surface area contributed by atoms with Crippen LogP contribution in [0.4, 0.5) is 13.2 Å². The Morgan fingerprint density at radius 3 is 2.67 bits per heavy atom. The van der Waals surface area contributed by atoms with Crippen LogP contribution in [0.25, 0.3) is 11.0 Å². The Balaban J connectivity index is 2.45. The first-order valence-corrected chi connectivity index (χ1v) is 5.66. The Labute approximate surface area is 102 Å². The van der Waals surface area contributed by atoms with E-state index < -0.39 is 11.7 Å². The molecular weight excluding hydrogens is 243 g/mol. The zero-order valence-corrected chi connectivity index (χ0v) is 9.96. The molecule has 0 spiro atoms. The van der Waals surface area contributed by atoms with Gasteiger partial charge >= 0.3 is 6.18 Å². The van der Waals surface area contributed by atoms with Gasteiger partial charge < -0.3 is 10.3 Å². The Bertz CT molecular complexity index is 557. The number of benzene rings is 1. The maximum atomic E-state index is 12.6. The Hall–Kier alpha value is -1.56. The number of hydrogen-bond donors (Lipinski definition) is 1. The summed E-state index contributed by atoms with van der Waals surface area (Å²) in [6, 6.07) is 3.62. The molecule has 1 aromatic heterocycles. The molecule has 0 fully saturated rings. The Morgan fingerprint density at radius 2 is 2.06 bits per heavy atom. The molecule has 1 heterocycles. The number of nitrogens with zero attached hydrogens (tertiary/aromatic N) is 2. The number of rotatable bonds is 3. The molecule has 0 atom stereocenters. The van der Waals surface area contributed by atoms with Crippen molar-refractivity contribution in [2.24, 2.45) is 12.8 Å². The molecular formula is C12H14F3N3. The van der Waals surface area contributed by atoms with Crippen molar-refractivity contribution >= 4 is 11.0 Å². The molecule has 98 valence electrons. The van der Waals surface area contributed by atoms with Crippen LogP contribution < -0.4 is 5.73 Å². The first-order chi connectivity index (χ1) is 8.43. The van der Waals surface area contributed by atoms with Crippen LogP contribution in [0.2, 0.25) is 0 Å². The van der Waals surface area contributed by atoms with Crippen molar-refractivity contribution in [1.82, 2.24) is 9.55 Å². The van der Waals surface area contributed by atoms with E-state index in [1.165, 1.54) is 6.07 Å². The zero-order chi connectivity index (χ0) is 13.3. The van der Waals surface area contributed by atoms with Gasteiger partial charge in [-0.2, -0.15) is 13.2 Å². The SMILES string of the molecule is Cn1c(CCCN)nc2cc(C(F)(F)F)ccc21. The molecule has 0 saturated carbocycles. The Morgan fingerprint density at radius 1 is 1.33 bits per heavy atom. The quantitative estimate of drug-likeness (QED) is 0.918. The summed E-state index contributed by atoms with van der Waals surface area (Å²) < 4.78 is 39.5. The highest BCUT2D eigenvalue weighted by Gasteiger charge is 2.30. The minimum atomic E-state index is -4.33. The van der Waals surface area contributed by atoms with Crippen molar-refractivity contribution in [2.45, 2.75) is 19.0 Å². The molecule has 0 aliphatic carbocycles. The summed E-state index contributed by atoms with van der Waals surface area (Å²) in [6.45, 7) is 0.539. The van der Waals surface area contributed by atoms with Crippen LogP contribution in [0.15, 0.2) is 18.2 Å². The van der Waals surface area contributed by atoms with E-state index in [4.69, 9.17) is 5.73 Å². The van der Waals surface area contributed by atoms with Crippen molar-refractivity contribution in [3.63, 3.8) is 0 Å². The van der Waals surface area contributed by atoms with E-state index in [-0.39, 0.29) is 0 Å². The molecule has 2 N–H and O–H groups in total. The summed E-state index contributed by atoms with van der Waals surface area (Å²) >= 11 is 0. The minimum Gasteiger partial charge on any atom is -0.331 e. The normalized spacial score (nSPS) is 12.3. The van der Waals surface area contributed by atoms with Gasteiger partial charge in [0, 0.05) is 13.5 Å². The van der Waals surface area contributed by atoms with Gasteiger partial charge in [-0.3, -0.25) is 0 Å². The highest BCUT2D eigenvalue weighted by atomic mass is 19.4. The maximum Gasteiger partial charge on any atom is 0.416 e. The van der Waals surface area contributed by atoms with Gasteiger partial charge in [-0.15, -0.1) is 0 Å². The summed E-state index contributed by atoms with van der Waals surface area (Å²) in [5, 5.41) is 0. The van der Waals surface area contributed by atoms with Crippen LogP contribution in [0.3, 0.4) is 0 Å². The highest BCUT2D eigenvalue weighted by Crippen LogP contribution is 2.31. The smallest absolute Gasteiger partial charge is 0.331 e. The molecule has 0 amide bonds. The molecule has 6 heteroatoms. The fraction of sp³-hybridized carbons (Fsp3) is 0.417. The van der Waals surface area contributed by atoms with Gasteiger partial charge in [-0.05, 0) is 31.2 Å². The molecule has 0 radical (unpaired) electrons. The number of fused-ring (bicyclic) bond motifs is 1. The molecule has 0 unspecified atom stereocenters. The van der Waals surface area contributed by atoms with Crippen LogP contribution >= 0.6 is 0 Å². The first-order valence-electron chi connectivity index (χ1n) is 5.66. The average Bonchev–Trinajstić information content (AvgIpc) is 2.62. The maximum absolute atomic E-state index is 12.6. The van der Waals surface area contributed by atoms with Crippen LogP contribution in [0, 0.1) is 0 Å². The highest BCUT2D eigenvalue weighted by molar-refractivity contribution is 5.77. The number of aromatic nitrogens is 2. The fourth-order valence-corrected chi connectivity index (χ4v) is 1.91.